The summed E-state index contributed by atoms with van der Waals surface area (Å²) >= 11 is 7.45. The van der Waals surface area contributed by atoms with Gasteiger partial charge in [0.1, 0.15) is 0 Å². The predicted molar refractivity (Wildman–Crippen MR) is 63.3 cm³/mol. The summed E-state index contributed by atoms with van der Waals surface area (Å²) in [6.07, 6.45) is 4.52. The van der Waals surface area contributed by atoms with Crippen LogP contribution in [-0.2, 0) is 13.0 Å². The zero-order valence-corrected chi connectivity index (χ0v) is 9.74. The number of halogens is 1. The van der Waals surface area contributed by atoms with Crippen LogP contribution in [0.5, 0.6) is 0 Å². The standard InChI is InChI=1S/C10H12ClN3S/c11-10-2-1-9(15-10)6-12-4-3-8-5-13-7-14-8/h1-2,5,7,12H,3-4,6H2,(H,13,14). The van der Waals surface area contributed by atoms with Crippen molar-refractivity contribution in [2.45, 2.75) is 13.0 Å². The molecule has 2 aromatic heterocycles. The van der Waals surface area contributed by atoms with E-state index in [9.17, 15) is 0 Å². The number of hydrogen-bond acceptors (Lipinski definition) is 3. The lowest BCUT2D eigenvalue weighted by Crippen LogP contribution is -2.15. The number of imidazole rings is 1. The lowest BCUT2D eigenvalue weighted by molar-refractivity contribution is 0.687. The molecule has 2 aromatic rings. The molecule has 0 unspecified atom stereocenters. The van der Waals surface area contributed by atoms with Crippen LogP contribution in [-0.4, -0.2) is 16.5 Å². The molecule has 3 nitrogen and oxygen atoms in total. The molecular weight excluding hydrogens is 230 g/mol. The molecule has 5 heteroatoms. The van der Waals surface area contributed by atoms with E-state index < -0.39 is 0 Å². The van der Waals surface area contributed by atoms with Crippen LogP contribution in [0.15, 0.2) is 24.7 Å². The molecule has 2 rings (SSSR count). The molecule has 2 heterocycles. The van der Waals surface area contributed by atoms with E-state index in [1.165, 1.54) is 4.88 Å². The molecule has 0 spiro atoms. The van der Waals surface area contributed by atoms with Crippen molar-refractivity contribution in [2.75, 3.05) is 6.54 Å². The van der Waals surface area contributed by atoms with Crippen molar-refractivity contribution in [2.24, 2.45) is 0 Å². The summed E-state index contributed by atoms with van der Waals surface area (Å²) in [5, 5.41) is 3.36. The molecule has 15 heavy (non-hydrogen) atoms. The molecule has 0 bridgehead atoms. The van der Waals surface area contributed by atoms with Gasteiger partial charge in [0.2, 0.25) is 0 Å². The average Bonchev–Trinajstić information content (AvgIpc) is 2.84. The van der Waals surface area contributed by atoms with E-state index >= 15 is 0 Å². The Bertz CT molecular complexity index is 396. The quantitative estimate of drug-likeness (QED) is 0.790. The van der Waals surface area contributed by atoms with Gasteiger partial charge in [0, 0.05) is 36.3 Å². The van der Waals surface area contributed by atoms with Crippen molar-refractivity contribution >= 4 is 22.9 Å². The Labute approximate surface area is 97.5 Å². The first-order chi connectivity index (χ1) is 7.34. The minimum Gasteiger partial charge on any atom is -0.348 e. The van der Waals surface area contributed by atoms with Gasteiger partial charge in [-0.1, -0.05) is 11.6 Å². The second-order valence-corrected chi connectivity index (χ2v) is 5.01. The van der Waals surface area contributed by atoms with Gasteiger partial charge in [-0.25, -0.2) is 4.98 Å². The summed E-state index contributed by atoms with van der Waals surface area (Å²) in [5.41, 5.74) is 1.16. The molecule has 0 fully saturated rings. The molecule has 0 saturated heterocycles. The van der Waals surface area contributed by atoms with Crippen molar-refractivity contribution in [3.05, 3.63) is 39.6 Å². The maximum atomic E-state index is 5.83. The van der Waals surface area contributed by atoms with Gasteiger partial charge in [-0.15, -0.1) is 11.3 Å². The lowest BCUT2D eigenvalue weighted by Gasteiger charge is -2.00. The second-order valence-electron chi connectivity index (χ2n) is 3.21. The summed E-state index contributed by atoms with van der Waals surface area (Å²) in [5.74, 6) is 0. The number of thiophene rings is 1. The Kier molecular flexibility index (Phi) is 3.77. The van der Waals surface area contributed by atoms with Crippen molar-refractivity contribution in [3.63, 3.8) is 0 Å². The minimum atomic E-state index is 0.848. The van der Waals surface area contributed by atoms with Crippen molar-refractivity contribution in [3.8, 4) is 0 Å². The number of nitrogens with zero attached hydrogens (tertiary/aromatic N) is 1. The molecule has 80 valence electrons. The SMILES string of the molecule is Clc1ccc(CNCCc2cnc[nH]2)s1. The van der Waals surface area contributed by atoms with Gasteiger partial charge < -0.3 is 10.3 Å². The lowest BCUT2D eigenvalue weighted by atomic mass is 10.3. The second kappa shape index (κ2) is 5.30. The smallest absolute Gasteiger partial charge is 0.0931 e. The highest BCUT2D eigenvalue weighted by Gasteiger charge is 1.97. The predicted octanol–water partition coefficient (Wildman–Crippen LogP) is 2.46. The fourth-order valence-corrected chi connectivity index (χ4v) is 2.36. The zero-order valence-electron chi connectivity index (χ0n) is 8.16. The van der Waals surface area contributed by atoms with E-state index in [1.807, 2.05) is 12.3 Å². The Morgan fingerprint density at radius 2 is 2.40 bits per heavy atom. The van der Waals surface area contributed by atoms with Crippen LogP contribution in [0.3, 0.4) is 0 Å². The third-order valence-electron chi connectivity index (χ3n) is 2.05. The summed E-state index contributed by atoms with van der Waals surface area (Å²) < 4.78 is 0.848. The maximum absolute atomic E-state index is 5.83. The third-order valence-corrected chi connectivity index (χ3v) is 3.29. The van der Waals surface area contributed by atoms with Crippen LogP contribution in [0.2, 0.25) is 4.34 Å². The van der Waals surface area contributed by atoms with E-state index in [1.54, 1.807) is 17.7 Å². The van der Waals surface area contributed by atoms with E-state index in [0.29, 0.717) is 0 Å². The maximum Gasteiger partial charge on any atom is 0.0931 e. The van der Waals surface area contributed by atoms with Crippen LogP contribution in [0.25, 0.3) is 0 Å². The molecule has 0 atom stereocenters. The topological polar surface area (TPSA) is 40.7 Å². The molecule has 0 aliphatic carbocycles. The molecule has 0 saturated carbocycles. The van der Waals surface area contributed by atoms with E-state index in [2.05, 4.69) is 21.4 Å². The van der Waals surface area contributed by atoms with Crippen molar-refractivity contribution in [1.82, 2.24) is 15.3 Å². The van der Waals surface area contributed by atoms with Crippen LogP contribution in [0.1, 0.15) is 10.6 Å². The molecule has 0 amide bonds. The number of aromatic amines is 1. The van der Waals surface area contributed by atoms with Crippen molar-refractivity contribution < 1.29 is 0 Å². The molecule has 0 radical (unpaired) electrons. The van der Waals surface area contributed by atoms with Gasteiger partial charge in [-0.3, -0.25) is 0 Å². The summed E-state index contributed by atoms with van der Waals surface area (Å²) in [6.45, 7) is 1.82. The van der Waals surface area contributed by atoms with Crippen LogP contribution in [0, 0.1) is 0 Å². The molecule has 2 N–H and O–H groups in total. The summed E-state index contributed by atoms with van der Waals surface area (Å²) in [4.78, 5) is 8.30. The first-order valence-electron chi connectivity index (χ1n) is 4.77. The van der Waals surface area contributed by atoms with Crippen LogP contribution >= 0.6 is 22.9 Å². The summed E-state index contributed by atoms with van der Waals surface area (Å²) in [6, 6.07) is 3.98. The first-order valence-corrected chi connectivity index (χ1v) is 5.96. The largest absolute Gasteiger partial charge is 0.348 e. The van der Waals surface area contributed by atoms with Gasteiger partial charge in [-0.2, -0.15) is 0 Å². The number of rotatable bonds is 5. The van der Waals surface area contributed by atoms with Crippen LogP contribution < -0.4 is 5.32 Å². The first kappa shape index (κ1) is 10.7. The van der Waals surface area contributed by atoms with E-state index in [-0.39, 0.29) is 0 Å². The number of aromatic nitrogens is 2. The molecular formula is C10H12ClN3S. The highest BCUT2D eigenvalue weighted by Crippen LogP contribution is 2.20. The van der Waals surface area contributed by atoms with Gasteiger partial charge in [0.05, 0.1) is 10.7 Å². The van der Waals surface area contributed by atoms with Gasteiger partial charge in [-0.05, 0) is 12.1 Å². The Hall–Kier alpha value is -0.840. The highest BCUT2D eigenvalue weighted by atomic mass is 35.5. The fourth-order valence-electron chi connectivity index (χ4n) is 1.30. The Morgan fingerprint density at radius 3 is 3.07 bits per heavy atom. The zero-order chi connectivity index (χ0) is 10.5. The van der Waals surface area contributed by atoms with Gasteiger partial charge >= 0.3 is 0 Å². The Morgan fingerprint density at radius 1 is 1.47 bits per heavy atom. The monoisotopic (exact) mass is 241 g/mol. The average molecular weight is 242 g/mol. The highest BCUT2D eigenvalue weighted by molar-refractivity contribution is 7.16. The number of nitrogens with one attached hydrogen (secondary N) is 2. The van der Waals surface area contributed by atoms with E-state index in [4.69, 9.17) is 11.6 Å². The molecule has 0 aliphatic heterocycles. The molecule has 0 aliphatic rings. The molecule has 0 aromatic carbocycles. The van der Waals surface area contributed by atoms with Crippen molar-refractivity contribution in [1.29, 1.82) is 0 Å². The summed E-state index contributed by atoms with van der Waals surface area (Å²) in [7, 11) is 0. The fraction of sp³-hybridized carbons (Fsp3) is 0.300. The number of hydrogen-bond donors (Lipinski definition) is 2. The van der Waals surface area contributed by atoms with Gasteiger partial charge in [0.25, 0.3) is 0 Å². The van der Waals surface area contributed by atoms with E-state index in [0.717, 1.165) is 29.5 Å². The number of H-pyrrole nitrogens is 1. The van der Waals surface area contributed by atoms with Gasteiger partial charge in [0.15, 0.2) is 0 Å². The third kappa shape index (κ3) is 3.34. The van der Waals surface area contributed by atoms with Crippen LogP contribution in [0.4, 0.5) is 0 Å². The minimum absolute atomic E-state index is 0.848. The Balaban J connectivity index is 1.67. The normalized spacial score (nSPS) is 10.7.